The summed E-state index contributed by atoms with van der Waals surface area (Å²) in [7, 11) is 0. The Morgan fingerprint density at radius 2 is 2.05 bits per heavy atom. The molecule has 1 aliphatic heterocycles. The Hall–Kier alpha value is -1.30. The molecule has 2 atom stereocenters. The van der Waals surface area contributed by atoms with Crippen molar-refractivity contribution in [2.45, 2.75) is 51.2 Å². The first kappa shape index (κ1) is 15.1. The smallest absolute Gasteiger partial charge is 0.0772 e. The van der Waals surface area contributed by atoms with Crippen molar-refractivity contribution in [3.63, 3.8) is 0 Å². The average molecular weight is 270 g/mol. The van der Waals surface area contributed by atoms with Gasteiger partial charge in [0.05, 0.1) is 5.54 Å². The van der Waals surface area contributed by atoms with Crippen LogP contribution in [0.4, 0.5) is 0 Å². The third kappa shape index (κ3) is 2.90. The lowest BCUT2D eigenvalue weighted by Gasteiger charge is -2.51. The van der Waals surface area contributed by atoms with Crippen molar-refractivity contribution in [2.24, 2.45) is 0 Å². The Morgan fingerprint density at radius 1 is 1.40 bits per heavy atom. The van der Waals surface area contributed by atoms with Crippen LogP contribution in [0.25, 0.3) is 0 Å². The van der Waals surface area contributed by atoms with E-state index >= 15 is 0 Å². The molecular weight excluding hydrogens is 244 g/mol. The minimum absolute atomic E-state index is 0.138. The SMILES string of the molecule is C#CC(C)(C)N1CC(C)(CC)NCC1c1ccccc1. The van der Waals surface area contributed by atoms with Crippen molar-refractivity contribution in [1.82, 2.24) is 10.2 Å². The molecule has 0 bridgehead atoms. The fraction of sp³-hybridized carbons (Fsp3) is 0.556. The number of hydrogen-bond donors (Lipinski definition) is 1. The summed E-state index contributed by atoms with van der Waals surface area (Å²) in [6, 6.07) is 11.0. The molecule has 20 heavy (non-hydrogen) atoms. The van der Waals surface area contributed by atoms with Crippen molar-refractivity contribution in [3.8, 4) is 12.3 Å². The lowest BCUT2D eigenvalue weighted by molar-refractivity contribution is 0.0293. The van der Waals surface area contributed by atoms with E-state index in [0.717, 1.165) is 19.5 Å². The molecule has 0 aromatic heterocycles. The van der Waals surface area contributed by atoms with E-state index in [-0.39, 0.29) is 11.1 Å². The highest BCUT2D eigenvalue weighted by Crippen LogP contribution is 2.34. The molecule has 1 heterocycles. The molecule has 0 amide bonds. The quantitative estimate of drug-likeness (QED) is 0.848. The molecule has 1 aromatic carbocycles. The van der Waals surface area contributed by atoms with Crippen LogP contribution in [-0.4, -0.2) is 29.1 Å². The summed E-state index contributed by atoms with van der Waals surface area (Å²) >= 11 is 0. The molecule has 1 N–H and O–H groups in total. The highest BCUT2D eigenvalue weighted by Gasteiger charge is 2.41. The predicted octanol–water partition coefficient (Wildman–Crippen LogP) is 3.21. The van der Waals surface area contributed by atoms with Gasteiger partial charge in [0, 0.05) is 24.7 Å². The van der Waals surface area contributed by atoms with Crippen LogP contribution in [0, 0.1) is 12.3 Å². The molecule has 0 aliphatic carbocycles. The number of benzene rings is 1. The maximum absolute atomic E-state index is 5.80. The number of nitrogens with zero attached hydrogens (tertiary/aromatic N) is 1. The fourth-order valence-electron chi connectivity index (χ4n) is 2.88. The second-order valence-corrected chi connectivity index (χ2v) is 6.55. The van der Waals surface area contributed by atoms with Crippen LogP contribution in [0.1, 0.15) is 45.7 Å². The van der Waals surface area contributed by atoms with E-state index in [4.69, 9.17) is 6.42 Å². The lowest BCUT2D eigenvalue weighted by atomic mass is 9.87. The summed E-state index contributed by atoms with van der Waals surface area (Å²) in [5.41, 5.74) is 1.24. The first-order valence-corrected chi connectivity index (χ1v) is 7.46. The minimum atomic E-state index is -0.237. The van der Waals surface area contributed by atoms with Crippen molar-refractivity contribution < 1.29 is 0 Å². The topological polar surface area (TPSA) is 15.3 Å². The first-order valence-electron chi connectivity index (χ1n) is 7.46. The van der Waals surface area contributed by atoms with Gasteiger partial charge in [0.1, 0.15) is 0 Å². The van der Waals surface area contributed by atoms with Crippen LogP contribution in [0.3, 0.4) is 0 Å². The second kappa shape index (κ2) is 5.60. The molecule has 1 aliphatic rings. The van der Waals surface area contributed by atoms with E-state index in [0.29, 0.717) is 6.04 Å². The van der Waals surface area contributed by atoms with Gasteiger partial charge in [0.15, 0.2) is 0 Å². The summed E-state index contributed by atoms with van der Waals surface area (Å²) in [5.74, 6) is 2.97. The van der Waals surface area contributed by atoms with Gasteiger partial charge in [-0.15, -0.1) is 6.42 Å². The van der Waals surface area contributed by atoms with Gasteiger partial charge in [-0.1, -0.05) is 43.2 Å². The third-order valence-electron chi connectivity index (χ3n) is 4.65. The minimum Gasteiger partial charge on any atom is -0.308 e. The molecule has 0 radical (unpaired) electrons. The molecule has 1 fully saturated rings. The molecule has 108 valence electrons. The maximum atomic E-state index is 5.80. The summed E-state index contributed by atoms with van der Waals surface area (Å²) in [6.07, 6.45) is 6.90. The number of rotatable bonds is 3. The summed E-state index contributed by atoms with van der Waals surface area (Å²) in [5, 5.41) is 3.71. The van der Waals surface area contributed by atoms with Gasteiger partial charge in [0.2, 0.25) is 0 Å². The van der Waals surface area contributed by atoms with E-state index in [2.05, 4.69) is 74.2 Å². The lowest BCUT2D eigenvalue weighted by Crippen LogP contribution is -2.63. The van der Waals surface area contributed by atoms with Gasteiger partial charge < -0.3 is 5.32 Å². The summed E-state index contributed by atoms with van der Waals surface area (Å²) in [4.78, 5) is 2.47. The fourth-order valence-corrected chi connectivity index (χ4v) is 2.88. The normalized spacial score (nSPS) is 28.1. The van der Waals surface area contributed by atoms with Gasteiger partial charge in [-0.2, -0.15) is 0 Å². The number of piperazine rings is 1. The van der Waals surface area contributed by atoms with E-state index in [1.54, 1.807) is 0 Å². The van der Waals surface area contributed by atoms with Crippen LogP contribution in [0.5, 0.6) is 0 Å². The van der Waals surface area contributed by atoms with Crippen LogP contribution < -0.4 is 5.32 Å². The van der Waals surface area contributed by atoms with Crippen molar-refractivity contribution in [2.75, 3.05) is 13.1 Å². The Labute approximate surface area is 123 Å². The van der Waals surface area contributed by atoms with Crippen LogP contribution in [-0.2, 0) is 0 Å². The molecule has 0 saturated carbocycles. The van der Waals surface area contributed by atoms with Crippen LogP contribution in [0.15, 0.2) is 30.3 Å². The van der Waals surface area contributed by atoms with E-state index < -0.39 is 0 Å². The first-order chi connectivity index (χ1) is 9.42. The van der Waals surface area contributed by atoms with E-state index in [1.165, 1.54) is 5.56 Å². The van der Waals surface area contributed by atoms with Crippen molar-refractivity contribution >= 4 is 0 Å². The van der Waals surface area contributed by atoms with E-state index in [1.807, 2.05) is 0 Å². The van der Waals surface area contributed by atoms with Gasteiger partial charge in [-0.05, 0) is 32.8 Å². The zero-order valence-corrected chi connectivity index (χ0v) is 13.1. The largest absolute Gasteiger partial charge is 0.308 e. The molecular formula is C18H26N2. The van der Waals surface area contributed by atoms with E-state index in [9.17, 15) is 0 Å². The highest BCUT2D eigenvalue weighted by atomic mass is 15.3. The van der Waals surface area contributed by atoms with Gasteiger partial charge in [0.25, 0.3) is 0 Å². The molecule has 1 aromatic rings. The van der Waals surface area contributed by atoms with Gasteiger partial charge in [-0.3, -0.25) is 4.90 Å². The molecule has 2 nitrogen and oxygen atoms in total. The monoisotopic (exact) mass is 270 g/mol. The molecule has 2 rings (SSSR count). The second-order valence-electron chi connectivity index (χ2n) is 6.55. The third-order valence-corrected chi connectivity index (χ3v) is 4.65. The van der Waals surface area contributed by atoms with Crippen LogP contribution >= 0.6 is 0 Å². The summed E-state index contributed by atoms with van der Waals surface area (Å²) in [6.45, 7) is 10.7. The standard InChI is InChI=1S/C18H26N2/c1-6-17(3,4)20-14-18(5,7-2)19-13-16(20)15-11-9-8-10-12-15/h1,8-12,16,19H,7,13-14H2,2-5H3. The van der Waals surface area contributed by atoms with Crippen LogP contribution in [0.2, 0.25) is 0 Å². The molecule has 1 saturated heterocycles. The van der Waals surface area contributed by atoms with Crippen molar-refractivity contribution in [3.05, 3.63) is 35.9 Å². The average Bonchev–Trinajstić information content (AvgIpc) is 2.48. The number of terminal acetylenes is 1. The Morgan fingerprint density at radius 3 is 2.60 bits per heavy atom. The molecule has 2 heteroatoms. The predicted molar refractivity (Wildman–Crippen MR) is 85.5 cm³/mol. The number of nitrogens with one attached hydrogen (secondary N) is 1. The Balaban J connectivity index is 2.34. The molecule has 0 spiro atoms. The zero-order valence-electron chi connectivity index (χ0n) is 13.1. The Bertz CT molecular complexity index is 486. The summed E-state index contributed by atoms with van der Waals surface area (Å²) < 4.78 is 0. The highest BCUT2D eigenvalue weighted by molar-refractivity contribution is 5.24. The molecule has 2 unspecified atom stereocenters. The number of hydrogen-bond acceptors (Lipinski definition) is 2. The van der Waals surface area contributed by atoms with Gasteiger partial charge >= 0.3 is 0 Å². The van der Waals surface area contributed by atoms with Crippen molar-refractivity contribution in [1.29, 1.82) is 0 Å². The Kier molecular flexibility index (Phi) is 4.22. The zero-order chi connectivity index (χ0) is 14.8. The maximum Gasteiger partial charge on any atom is 0.0772 e. The van der Waals surface area contributed by atoms with Gasteiger partial charge in [-0.25, -0.2) is 0 Å².